The van der Waals surface area contributed by atoms with Crippen molar-refractivity contribution in [2.24, 2.45) is 0 Å². The zero-order chi connectivity index (χ0) is 63.2. The number of pyridine rings is 2. The molecule has 4 aromatic carbocycles. The minimum atomic E-state index is -1.44. The maximum atomic E-state index is 11.3. The number of halogens is 2. The number of rotatable bonds is 18. The molecule has 19 nitrogen and oxygen atoms in total. The summed E-state index contributed by atoms with van der Waals surface area (Å²) in [6.07, 6.45) is 3.87. The van der Waals surface area contributed by atoms with Crippen molar-refractivity contribution in [2.75, 3.05) is 79.4 Å². The number of carbonyl (C=O) groups is 1. The second-order valence-corrected chi connectivity index (χ2v) is 23.5. The van der Waals surface area contributed by atoms with E-state index in [-0.39, 0.29) is 48.7 Å². The van der Waals surface area contributed by atoms with Crippen molar-refractivity contribution in [3.63, 3.8) is 0 Å². The zero-order valence-electron chi connectivity index (χ0n) is 51.7. The molecule has 4 atom stereocenters. The number of benzene rings is 4. The van der Waals surface area contributed by atoms with E-state index in [1.165, 1.54) is 22.3 Å². The van der Waals surface area contributed by atoms with Crippen LogP contribution in [0.3, 0.4) is 0 Å². The molecule has 10 rings (SSSR count). The Morgan fingerprint density at radius 1 is 0.591 bits per heavy atom. The van der Waals surface area contributed by atoms with E-state index in [1.807, 2.05) is 62.6 Å². The topological polar surface area (TPSA) is 240 Å². The van der Waals surface area contributed by atoms with E-state index in [9.17, 15) is 15.0 Å². The van der Waals surface area contributed by atoms with Gasteiger partial charge in [0.1, 0.15) is 29.2 Å². The molecular formula is C66H90Cl2MnN12O7. The number of alkyl halides is 2. The molecule has 2 saturated heterocycles. The van der Waals surface area contributed by atoms with Gasteiger partial charge in [-0.05, 0) is 189 Å². The Morgan fingerprint density at radius 2 is 1.00 bits per heavy atom. The minimum absolute atomic E-state index is 0. The Morgan fingerprint density at radius 3 is 1.42 bits per heavy atom. The van der Waals surface area contributed by atoms with Crippen molar-refractivity contribution in [2.45, 2.75) is 134 Å². The molecule has 0 saturated carbocycles. The van der Waals surface area contributed by atoms with E-state index >= 15 is 0 Å². The van der Waals surface area contributed by atoms with Crippen LogP contribution in [0.1, 0.15) is 109 Å². The molecule has 7 N–H and O–H groups in total. The van der Waals surface area contributed by atoms with Gasteiger partial charge in [-0.15, -0.1) is 23.2 Å². The first kappa shape index (κ1) is 71.9. The van der Waals surface area contributed by atoms with Gasteiger partial charge in [0.05, 0.1) is 64.9 Å². The van der Waals surface area contributed by atoms with Gasteiger partial charge in [0, 0.05) is 87.2 Å². The number of aromatic nitrogens is 6. The summed E-state index contributed by atoms with van der Waals surface area (Å²) in [5, 5.41) is 31.7. The number of carbonyl (C=O) groups excluding carboxylic acids is 1. The van der Waals surface area contributed by atoms with E-state index in [1.54, 1.807) is 24.3 Å². The summed E-state index contributed by atoms with van der Waals surface area (Å²) >= 11 is 8.09. The van der Waals surface area contributed by atoms with E-state index in [0.29, 0.717) is 42.5 Å². The van der Waals surface area contributed by atoms with Crippen LogP contribution >= 0.6 is 23.2 Å². The summed E-state index contributed by atoms with van der Waals surface area (Å²) in [7, 11) is 0. The van der Waals surface area contributed by atoms with Gasteiger partial charge < -0.3 is 50.5 Å². The summed E-state index contributed by atoms with van der Waals surface area (Å²) in [4.78, 5) is 35.0. The van der Waals surface area contributed by atoms with Crippen LogP contribution in [0.2, 0.25) is 0 Å². The van der Waals surface area contributed by atoms with E-state index in [2.05, 4.69) is 124 Å². The van der Waals surface area contributed by atoms with Crippen LogP contribution in [-0.4, -0.2) is 137 Å². The molecule has 8 aromatic rings. The van der Waals surface area contributed by atoms with E-state index < -0.39 is 14.8 Å². The number of nitrogens with two attached hydrogens (primary N) is 1. The van der Waals surface area contributed by atoms with Gasteiger partial charge in [-0.1, -0.05) is 25.6 Å². The molecule has 477 valence electrons. The van der Waals surface area contributed by atoms with Crippen molar-refractivity contribution in [3.05, 3.63) is 153 Å². The van der Waals surface area contributed by atoms with Gasteiger partial charge in [-0.25, -0.2) is 9.97 Å². The predicted molar refractivity (Wildman–Crippen MR) is 352 cm³/mol. The first-order valence-electron chi connectivity index (χ1n) is 29.3. The molecule has 2 fully saturated rings. The monoisotopic (exact) mass is 1290 g/mol. The third-order valence-electron chi connectivity index (χ3n) is 14.3. The van der Waals surface area contributed by atoms with E-state index in [0.717, 1.165) is 128 Å². The Hall–Kier alpha value is -6.87. The number of nitrogens with zero attached hydrogens (tertiary/aromatic N) is 8. The molecule has 0 aliphatic carbocycles. The molecule has 22 heteroatoms. The van der Waals surface area contributed by atoms with Gasteiger partial charge in [-0.3, -0.25) is 24.6 Å². The average Bonchev–Trinajstić information content (AvgIpc) is 1.74. The molecule has 88 heavy (non-hydrogen) atoms. The number of aromatic hydroxyl groups is 2. The third kappa shape index (κ3) is 22.6. The van der Waals surface area contributed by atoms with Crippen molar-refractivity contribution >= 4 is 74.8 Å². The van der Waals surface area contributed by atoms with Gasteiger partial charge >= 0.3 is 22.5 Å². The third-order valence-corrected chi connectivity index (χ3v) is 14.3. The van der Waals surface area contributed by atoms with Gasteiger partial charge in [-0.2, -0.15) is 0 Å². The quantitative estimate of drug-likeness (QED) is 0.0154. The number of hydrogen-bond acceptors (Lipinski definition) is 17. The van der Waals surface area contributed by atoms with Crippen LogP contribution in [0.4, 0.5) is 23.3 Å². The standard InChI is InChI=1S/C32H42N6O2.C24H31N5O3.C8H11N.CH2Cl2.CH4.Mn.2O/c1-21-13-22(2)15-27(14-21)34-17-26-8-9-28-30(16-26)38(20-29-31(39)10-7-23(3)35-29)32(36-28)33-11-6-12-37-18-24(4)40-25(5)19-37;1-16-5-8-23(31)21(26-16)14-29-22-11-19(15-30)6-7-20(22)27-24(29)25-9-4-10-28-12-17(2)32-18(3)13-28;1-6-3-7(2)5-8(9)4-6;2-1-3;;;;/h7-10,13-16,24-25,34,39H,6,11-12,17-20H2,1-5H3,(H,33,36);5-8,11,15,17-18,31H,4,9-10,12-14H2,1-3H3,(H,25,27);3-5H,9H2,1-2H3;1H2;1H4;;;/t24-,25+;17-,18+;;;;;;. The number of nitrogens with one attached hydrogen (secondary N) is 3. The van der Waals surface area contributed by atoms with Gasteiger partial charge in [0.2, 0.25) is 11.9 Å². The van der Waals surface area contributed by atoms with E-state index in [4.69, 9.17) is 56.0 Å². The SMILES string of the molecule is C.Cc1cc(C)cc(N)c1.Cc1cc(C)cc(NCc2ccc3nc(NCCCN4C[C@@H](C)O[C@@H](C)C4)n(Cc4nc(C)ccc4O)c3c2)c1.Cc1ccc(O)c(Cn2c(NCCCN3C[C@@H](C)O[C@@H](C)C3)nc3ccc(C=O)cc32)n1.ClCCl.[O]=[Mn]=[O]. The van der Waals surface area contributed by atoms with Crippen LogP contribution in [0, 0.1) is 41.5 Å². The number of hydrogen-bond donors (Lipinski definition) is 6. The molecule has 2 aliphatic rings. The van der Waals surface area contributed by atoms with Gasteiger partial charge in [0.25, 0.3) is 0 Å². The molecule has 0 bridgehead atoms. The van der Waals surface area contributed by atoms with Crippen LogP contribution < -0.4 is 21.7 Å². The Kier molecular flexibility index (Phi) is 29.4. The van der Waals surface area contributed by atoms with Crippen LogP contribution in [0.15, 0.2) is 97.1 Å². The number of ether oxygens (including phenoxy) is 2. The summed E-state index contributed by atoms with van der Waals surface area (Å²) in [6, 6.07) is 31.4. The fourth-order valence-corrected chi connectivity index (χ4v) is 11.1. The Bertz CT molecular complexity index is 3450. The van der Waals surface area contributed by atoms with Crippen molar-refractivity contribution in [1.29, 1.82) is 0 Å². The second kappa shape index (κ2) is 36.0. The molecule has 0 amide bonds. The van der Waals surface area contributed by atoms with Gasteiger partial charge in [0.15, 0.2) is 0 Å². The Labute approximate surface area is 535 Å². The molecule has 0 unspecified atom stereocenters. The molecule has 0 spiro atoms. The zero-order valence-corrected chi connectivity index (χ0v) is 54.4. The van der Waals surface area contributed by atoms with Crippen molar-refractivity contribution in [1.82, 2.24) is 38.9 Å². The number of fused-ring (bicyclic) bond motifs is 2. The molecule has 2 aliphatic heterocycles. The van der Waals surface area contributed by atoms with Crippen molar-refractivity contribution < 1.29 is 47.0 Å². The molecule has 0 radical (unpaired) electrons. The number of aryl methyl sites for hydroxylation is 6. The first-order valence-corrected chi connectivity index (χ1v) is 31.4. The summed E-state index contributed by atoms with van der Waals surface area (Å²) in [5.41, 5.74) is 20.7. The average molecular weight is 1290 g/mol. The number of nitrogen functional groups attached to an aromatic ring is 1. The van der Waals surface area contributed by atoms with Crippen LogP contribution in [0.5, 0.6) is 11.5 Å². The maximum absolute atomic E-state index is 11.3. The number of morpholine rings is 2. The fraction of sp³-hybridized carbons (Fsp3) is 0.439. The summed E-state index contributed by atoms with van der Waals surface area (Å²) in [5.74, 6) is 1.84. The Balaban J connectivity index is 0.000000261. The normalized spacial score (nSPS) is 16.5. The fourth-order valence-electron chi connectivity index (χ4n) is 11.1. The number of imidazole rings is 2. The molecule has 4 aromatic heterocycles. The van der Waals surface area contributed by atoms with Crippen LogP contribution in [0.25, 0.3) is 22.1 Å². The van der Waals surface area contributed by atoms with Crippen molar-refractivity contribution in [3.8, 4) is 11.5 Å². The molecular weight excluding hydrogens is 1200 g/mol. The second-order valence-electron chi connectivity index (χ2n) is 22.5. The predicted octanol–water partition coefficient (Wildman–Crippen LogP) is 12.6. The summed E-state index contributed by atoms with van der Waals surface area (Å²) in [6.45, 7) is 29.6. The summed E-state index contributed by atoms with van der Waals surface area (Å²) < 4.78 is 32.6. The molecule has 6 heterocycles. The first-order chi connectivity index (χ1) is 41.7. The number of aldehydes is 1. The number of anilines is 4. The van der Waals surface area contributed by atoms with Crippen LogP contribution in [-0.2, 0) is 51.6 Å².